The van der Waals surface area contributed by atoms with Crippen molar-refractivity contribution in [2.45, 2.75) is 37.0 Å². The number of amides is 1. The van der Waals surface area contributed by atoms with Gasteiger partial charge < -0.3 is 15.5 Å². The van der Waals surface area contributed by atoms with Crippen molar-refractivity contribution in [1.82, 2.24) is 15.5 Å². The summed E-state index contributed by atoms with van der Waals surface area (Å²) in [6.45, 7) is 5.76. The van der Waals surface area contributed by atoms with Crippen LogP contribution in [0, 0.1) is 11.8 Å². The summed E-state index contributed by atoms with van der Waals surface area (Å²) >= 11 is 3.44. The first-order valence-electron chi connectivity index (χ1n) is 12.0. The topological polar surface area (TPSA) is 78.5 Å². The van der Waals surface area contributed by atoms with E-state index in [1.807, 2.05) is 24.3 Å². The highest BCUT2D eigenvalue weighted by Gasteiger charge is 2.26. The largest absolute Gasteiger partial charge is 0.356 e. The highest BCUT2D eigenvalue weighted by Crippen LogP contribution is 2.24. The Morgan fingerprint density at radius 3 is 2.48 bits per heavy atom. The van der Waals surface area contributed by atoms with Crippen LogP contribution in [0.15, 0.2) is 45.8 Å². The number of fused-ring (bicyclic) bond motifs is 1. The minimum atomic E-state index is -3.38. The molecule has 0 atom stereocenters. The molecule has 0 radical (unpaired) electrons. The van der Waals surface area contributed by atoms with Crippen LogP contribution in [0.1, 0.15) is 32.1 Å². The Labute approximate surface area is 205 Å². The van der Waals surface area contributed by atoms with Crippen LogP contribution in [-0.4, -0.2) is 64.2 Å². The van der Waals surface area contributed by atoms with Gasteiger partial charge in [-0.1, -0.05) is 28.1 Å². The molecule has 2 aromatic carbocycles. The van der Waals surface area contributed by atoms with Gasteiger partial charge >= 0.3 is 0 Å². The van der Waals surface area contributed by atoms with E-state index in [0.717, 1.165) is 66.7 Å². The van der Waals surface area contributed by atoms with Crippen molar-refractivity contribution in [3.8, 4) is 0 Å². The van der Waals surface area contributed by atoms with Crippen LogP contribution in [0.5, 0.6) is 0 Å². The Bertz CT molecular complexity index is 1060. The Kier molecular flexibility index (Phi) is 8.43. The molecule has 0 aliphatic carbocycles. The number of halogens is 1. The second kappa shape index (κ2) is 11.3. The van der Waals surface area contributed by atoms with Gasteiger partial charge in [0.2, 0.25) is 5.91 Å². The van der Waals surface area contributed by atoms with Crippen LogP contribution in [0.25, 0.3) is 10.8 Å². The fraction of sp³-hybridized carbons (Fsp3) is 0.560. The fourth-order valence-corrected chi connectivity index (χ4v) is 6.65. The maximum Gasteiger partial charge on any atom is 0.223 e. The van der Waals surface area contributed by atoms with Crippen molar-refractivity contribution in [2.75, 3.05) is 45.0 Å². The van der Waals surface area contributed by atoms with Gasteiger partial charge in [0.05, 0.1) is 10.6 Å². The van der Waals surface area contributed by atoms with Crippen LogP contribution in [-0.2, 0) is 14.6 Å². The van der Waals surface area contributed by atoms with Crippen LogP contribution in [0.3, 0.4) is 0 Å². The summed E-state index contributed by atoms with van der Waals surface area (Å²) in [5.74, 6) is 0.934. The van der Waals surface area contributed by atoms with E-state index < -0.39 is 9.84 Å². The third-order valence-corrected chi connectivity index (χ3v) is 9.25. The van der Waals surface area contributed by atoms with Crippen LogP contribution in [0.4, 0.5) is 0 Å². The molecule has 2 aliphatic heterocycles. The van der Waals surface area contributed by atoms with Gasteiger partial charge in [0.25, 0.3) is 0 Å². The van der Waals surface area contributed by atoms with Gasteiger partial charge in [-0.05, 0) is 99.2 Å². The Morgan fingerprint density at radius 1 is 1.03 bits per heavy atom. The summed E-state index contributed by atoms with van der Waals surface area (Å²) < 4.78 is 26.5. The van der Waals surface area contributed by atoms with E-state index in [1.165, 1.54) is 12.8 Å². The number of piperidine rings is 2. The molecule has 6 nitrogen and oxygen atoms in total. The molecule has 33 heavy (non-hydrogen) atoms. The van der Waals surface area contributed by atoms with Gasteiger partial charge in [-0.15, -0.1) is 0 Å². The zero-order valence-corrected chi connectivity index (χ0v) is 21.5. The summed E-state index contributed by atoms with van der Waals surface area (Å²) in [7, 11) is -3.38. The first-order chi connectivity index (χ1) is 15.9. The molecule has 0 saturated carbocycles. The number of likely N-dealkylation sites (tertiary alicyclic amines) is 1. The normalized spacial score (nSPS) is 19.1. The first kappa shape index (κ1) is 24.6. The third-order valence-electron chi connectivity index (χ3n) is 6.96. The molecule has 0 spiro atoms. The van der Waals surface area contributed by atoms with Crippen LogP contribution < -0.4 is 10.6 Å². The summed E-state index contributed by atoms with van der Waals surface area (Å²) in [6.07, 6.45) is 4.70. The number of hydrogen-bond acceptors (Lipinski definition) is 5. The SMILES string of the molecule is O=C(NCCCS(=O)(=O)c1ccc2cc(Br)ccc2c1)C1CCN(CC2CCNCC2)CC1. The quantitative estimate of drug-likeness (QED) is 0.505. The number of sulfone groups is 1. The highest BCUT2D eigenvalue weighted by molar-refractivity contribution is 9.10. The van der Waals surface area contributed by atoms with Crippen molar-refractivity contribution < 1.29 is 13.2 Å². The predicted octanol–water partition coefficient (Wildman–Crippen LogP) is 3.59. The fourth-order valence-electron chi connectivity index (χ4n) is 4.93. The number of carbonyl (C=O) groups excluding carboxylic acids is 1. The lowest BCUT2D eigenvalue weighted by molar-refractivity contribution is -0.126. The maximum absolute atomic E-state index is 12.8. The zero-order chi connectivity index (χ0) is 23.3. The molecule has 2 N–H and O–H groups in total. The number of nitrogens with zero attached hydrogens (tertiary/aromatic N) is 1. The number of hydrogen-bond donors (Lipinski definition) is 2. The van der Waals surface area contributed by atoms with Gasteiger partial charge in [0.1, 0.15) is 0 Å². The molecule has 2 saturated heterocycles. The molecule has 2 heterocycles. The number of benzene rings is 2. The summed E-state index contributed by atoms with van der Waals surface area (Å²) in [6, 6.07) is 11.0. The first-order valence-corrected chi connectivity index (χ1v) is 14.5. The lowest BCUT2D eigenvalue weighted by Gasteiger charge is -2.35. The molecular formula is C25H34BrN3O3S. The van der Waals surface area contributed by atoms with E-state index in [2.05, 4.69) is 31.5 Å². The van der Waals surface area contributed by atoms with E-state index >= 15 is 0 Å². The lowest BCUT2D eigenvalue weighted by atomic mass is 9.93. The molecule has 2 aliphatic rings. The third kappa shape index (κ3) is 6.78. The second-order valence-corrected chi connectivity index (χ2v) is 12.4. The maximum atomic E-state index is 12.8. The number of carbonyl (C=O) groups is 1. The molecule has 180 valence electrons. The van der Waals surface area contributed by atoms with E-state index in [-0.39, 0.29) is 17.6 Å². The van der Waals surface area contributed by atoms with Crippen molar-refractivity contribution in [1.29, 1.82) is 0 Å². The second-order valence-electron chi connectivity index (χ2n) is 9.38. The summed E-state index contributed by atoms with van der Waals surface area (Å²) in [5, 5.41) is 8.29. The van der Waals surface area contributed by atoms with Gasteiger partial charge in [0.15, 0.2) is 9.84 Å². The molecule has 8 heteroatoms. The highest BCUT2D eigenvalue weighted by atomic mass is 79.9. The number of rotatable bonds is 8. The Morgan fingerprint density at radius 2 is 1.73 bits per heavy atom. The molecule has 4 rings (SSSR count). The van der Waals surface area contributed by atoms with Crippen molar-refractivity contribution in [2.24, 2.45) is 11.8 Å². The van der Waals surface area contributed by atoms with Crippen LogP contribution >= 0.6 is 15.9 Å². The van der Waals surface area contributed by atoms with Gasteiger partial charge in [0, 0.05) is 23.5 Å². The molecular weight excluding hydrogens is 502 g/mol. The molecule has 0 aromatic heterocycles. The van der Waals surface area contributed by atoms with E-state index in [4.69, 9.17) is 0 Å². The Balaban J connectivity index is 1.19. The summed E-state index contributed by atoms with van der Waals surface area (Å²) in [5.41, 5.74) is 0. The lowest BCUT2D eigenvalue weighted by Crippen LogP contribution is -2.43. The minimum Gasteiger partial charge on any atom is -0.356 e. The van der Waals surface area contributed by atoms with E-state index in [1.54, 1.807) is 12.1 Å². The summed E-state index contributed by atoms with van der Waals surface area (Å²) in [4.78, 5) is 15.4. The zero-order valence-electron chi connectivity index (χ0n) is 19.1. The van der Waals surface area contributed by atoms with Crippen LogP contribution in [0.2, 0.25) is 0 Å². The van der Waals surface area contributed by atoms with Crippen molar-refractivity contribution >= 4 is 42.4 Å². The standard InChI is InChI=1S/C25H34BrN3O3S/c26-23-4-2-22-17-24(5-3-21(22)16-23)33(31,32)15-1-10-28-25(30)20-8-13-29(14-9-20)18-19-6-11-27-12-7-19/h2-5,16-17,19-20,27H,1,6-15,18H2,(H,28,30). The van der Waals surface area contributed by atoms with Crippen molar-refractivity contribution in [3.05, 3.63) is 40.9 Å². The molecule has 2 aromatic rings. The monoisotopic (exact) mass is 535 g/mol. The molecule has 0 bridgehead atoms. The average Bonchev–Trinajstić information content (AvgIpc) is 2.82. The van der Waals surface area contributed by atoms with Gasteiger partial charge in [-0.25, -0.2) is 8.42 Å². The smallest absolute Gasteiger partial charge is 0.223 e. The van der Waals surface area contributed by atoms with Gasteiger partial charge in [-0.3, -0.25) is 4.79 Å². The van der Waals surface area contributed by atoms with E-state index in [0.29, 0.717) is 17.9 Å². The number of nitrogens with one attached hydrogen (secondary N) is 2. The molecule has 0 unspecified atom stereocenters. The van der Waals surface area contributed by atoms with E-state index in [9.17, 15) is 13.2 Å². The Hall–Kier alpha value is -1.48. The molecule has 1 amide bonds. The molecule has 2 fully saturated rings. The van der Waals surface area contributed by atoms with Crippen molar-refractivity contribution in [3.63, 3.8) is 0 Å². The minimum absolute atomic E-state index is 0.0318. The predicted molar refractivity (Wildman–Crippen MR) is 136 cm³/mol. The average molecular weight is 537 g/mol. The van der Waals surface area contributed by atoms with Gasteiger partial charge in [-0.2, -0.15) is 0 Å².